The number of hydrogen-bond acceptors (Lipinski definition) is 7. The Kier molecular flexibility index (Phi) is 8.49. The summed E-state index contributed by atoms with van der Waals surface area (Å²) < 4.78 is 23.6. The monoisotopic (exact) mass is 333 g/mol. The number of sulfone groups is 1. The van der Waals surface area contributed by atoms with Gasteiger partial charge in [-0.2, -0.15) is 0 Å². The van der Waals surface area contributed by atoms with Crippen molar-refractivity contribution in [2.24, 2.45) is 0 Å². The van der Waals surface area contributed by atoms with Crippen molar-refractivity contribution in [3.63, 3.8) is 0 Å². The van der Waals surface area contributed by atoms with E-state index < -0.39 is 46.0 Å². The van der Waals surface area contributed by atoms with Crippen LogP contribution in [0.25, 0.3) is 0 Å². The molecule has 0 bridgehead atoms. The van der Waals surface area contributed by atoms with Crippen molar-refractivity contribution in [1.29, 1.82) is 0 Å². The van der Waals surface area contributed by atoms with Crippen molar-refractivity contribution in [1.82, 2.24) is 4.84 Å². The first-order valence-electron chi connectivity index (χ1n) is 6.26. The molecular formula is C11H24ClNO6S. The molecule has 0 spiro atoms. The highest BCUT2D eigenvalue weighted by atomic mass is 35.5. The van der Waals surface area contributed by atoms with Gasteiger partial charge < -0.3 is 20.4 Å². The lowest BCUT2D eigenvalue weighted by Crippen LogP contribution is -2.37. The number of aliphatic hydroxyl groups is 4. The van der Waals surface area contributed by atoms with Crippen molar-refractivity contribution in [3.05, 3.63) is 0 Å². The molecule has 0 aromatic rings. The van der Waals surface area contributed by atoms with Crippen LogP contribution in [0.1, 0.15) is 26.7 Å². The predicted octanol–water partition coefficient (Wildman–Crippen LogP) is -1.22. The van der Waals surface area contributed by atoms with Crippen molar-refractivity contribution < 1.29 is 28.8 Å². The normalized spacial score (nSPS) is 17.8. The average Bonchev–Trinajstić information content (AvgIpc) is 2.34. The van der Waals surface area contributed by atoms with Crippen LogP contribution in [0.15, 0.2) is 0 Å². The summed E-state index contributed by atoms with van der Waals surface area (Å²) in [6, 6.07) is 0. The number of halogens is 1. The molecule has 0 saturated carbocycles. The van der Waals surface area contributed by atoms with Crippen LogP contribution < -0.4 is 4.84 Å². The Morgan fingerprint density at radius 2 is 1.75 bits per heavy atom. The summed E-state index contributed by atoms with van der Waals surface area (Å²) in [4.78, 5) is 2.47. The van der Waals surface area contributed by atoms with Gasteiger partial charge in [0.25, 0.3) is 0 Å². The second-order valence-corrected chi connectivity index (χ2v) is 7.97. The summed E-state index contributed by atoms with van der Waals surface area (Å²) in [5, 5.41) is 36.8. The van der Waals surface area contributed by atoms with Crippen LogP contribution in [-0.4, -0.2) is 70.8 Å². The topological polar surface area (TPSA) is 127 Å². The van der Waals surface area contributed by atoms with Gasteiger partial charge in [0.1, 0.15) is 6.10 Å². The third-order valence-corrected chi connectivity index (χ3v) is 5.12. The maximum Gasteiger partial charge on any atom is 0.152 e. The summed E-state index contributed by atoms with van der Waals surface area (Å²) in [5.74, 6) is -0.671. The van der Waals surface area contributed by atoms with Crippen molar-refractivity contribution >= 4 is 21.6 Å². The first-order valence-corrected chi connectivity index (χ1v) is 8.46. The smallest absolute Gasteiger partial charge is 0.152 e. The van der Waals surface area contributed by atoms with Crippen LogP contribution in [0.5, 0.6) is 0 Å². The Bertz CT molecular complexity index is 375. The van der Waals surface area contributed by atoms with E-state index in [1.807, 2.05) is 0 Å². The molecule has 0 aliphatic carbocycles. The lowest BCUT2D eigenvalue weighted by Gasteiger charge is -2.23. The summed E-state index contributed by atoms with van der Waals surface area (Å²) in [7, 11) is -3.51. The van der Waals surface area contributed by atoms with Gasteiger partial charge in [0, 0.05) is 12.0 Å². The maximum absolute atomic E-state index is 11.8. The average molecular weight is 334 g/mol. The third kappa shape index (κ3) is 8.35. The molecule has 0 rings (SSSR count). The van der Waals surface area contributed by atoms with Gasteiger partial charge in [0.2, 0.25) is 0 Å². The van der Waals surface area contributed by atoms with E-state index in [1.54, 1.807) is 13.8 Å². The van der Waals surface area contributed by atoms with E-state index >= 15 is 0 Å². The summed E-state index contributed by atoms with van der Waals surface area (Å²) in [6.45, 7) is 2.83. The Labute approximate surface area is 124 Å². The summed E-state index contributed by atoms with van der Waals surface area (Å²) >= 11 is 5.47. The van der Waals surface area contributed by atoms with E-state index in [4.69, 9.17) is 22.0 Å². The molecule has 9 heteroatoms. The summed E-state index contributed by atoms with van der Waals surface area (Å²) in [6.07, 6.45) is -4.12. The van der Waals surface area contributed by atoms with Crippen LogP contribution in [0.3, 0.4) is 0 Å². The maximum atomic E-state index is 11.8. The first-order chi connectivity index (χ1) is 9.03. The highest BCUT2D eigenvalue weighted by Crippen LogP contribution is 2.13. The SMILES string of the molecule is CC(C)(CCS(=O)(=O)CC(O)CC(O)C(O)CO)NCl. The fourth-order valence-electron chi connectivity index (χ4n) is 1.46. The third-order valence-electron chi connectivity index (χ3n) is 2.88. The molecule has 20 heavy (non-hydrogen) atoms. The van der Waals surface area contributed by atoms with Gasteiger partial charge in [0.15, 0.2) is 9.84 Å². The second-order valence-electron chi connectivity index (χ2n) is 5.55. The molecule has 0 fully saturated rings. The van der Waals surface area contributed by atoms with Crippen molar-refractivity contribution in [3.8, 4) is 0 Å². The number of hydrogen-bond donors (Lipinski definition) is 5. The second kappa shape index (κ2) is 8.47. The van der Waals surface area contributed by atoms with E-state index in [1.165, 1.54) is 0 Å². The highest BCUT2D eigenvalue weighted by Gasteiger charge is 2.26. The van der Waals surface area contributed by atoms with Crippen LogP contribution in [0.2, 0.25) is 0 Å². The van der Waals surface area contributed by atoms with Gasteiger partial charge >= 0.3 is 0 Å². The minimum atomic E-state index is -3.51. The Balaban J connectivity index is 4.33. The van der Waals surface area contributed by atoms with Gasteiger partial charge in [-0.05, 0) is 32.0 Å². The molecule has 7 nitrogen and oxygen atoms in total. The molecule has 0 aliphatic rings. The zero-order chi connectivity index (χ0) is 16.0. The molecular weight excluding hydrogens is 310 g/mol. The largest absolute Gasteiger partial charge is 0.394 e. The standard InChI is InChI=1S/C11H24ClNO6S/c1-11(2,13-12)3-4-20(18,19)7-8(15)5-9(16)10(17)6-14/h8-10,13-17H,3-7H2,1-2H3. The predicted molar refractivity (Wildman–Crippen MR) is 76.1 cm³/mol. The van der Waals surface area contributed by atoms with E-state index in [0.29, 0.717) is 0 Å². The minimum Gasteiger partial charge on any atom is -0.394 e. The Hall–Kier alpha value is 0.0400. The van der Waals surface area contributed by atoms with Crippen molar-refractivity contribution in [2.45, 2.75) is 50.5 Å². The molecule has 0 amide bonds. The zero-order valence-electron chi connectivity index (χ0n) is 11.7. The van der Waals surface area contributed by atoms with Crippen LogP contribution in [-0.2, 0) is 9.84 Å². The minimum absolute atomic E-state index is 0.157. The quantitative estimate of drug-likeness (QED) is 0.317. The van der Waals surface area contributed by atoms with Gasteiger partial charge in [-0.25, -0.2) is 13.3 Å². The first kappa shape index (κ1) is 20.0. The zero-order valence-corrected chi connectivity index (χ0v) is 13.2. The van der Waals surface area contributed by atoms with Crippen LogP contribution >= 0.6 is 11.8 Å². The highest BCUT2D eigenvalue weighted by molar-refractivity contribution is 7.91. The molecule has 0 aromatic heterocycles. The van der Waals surface area contributed by atoms with Crippen molar-refractivity contribution in [2.75, 3.05) is 18.1 Å². The molecule has 0 heterocycles. The lowest BCUT2D eigenvalue weighted by molar-refractivity contribution is -0.0334. The fourth-order valence-corrected chi connectivity index (χ4v) is 3.26. The van der Waals surface area contributed by atoms with Crippen LogP contribution in [0, 0.1) is 0 Å². The molecule has 0 saturated heterocycles. The van der Waals surface area contributed by atoms with Gasteiger partial charge in [-0.1, -0.05) is 0 Å². The molecule has 0 aromatic carbocycles. The van der Waals surface area contributed by atoms with E-state index in [2.05, 4.69) is 4.84 Å². The number of nitrogens with one attached hydrogen (secondary N) is 1. The van der Waals surface area contributed by atoms with E-state index in [-0.39, 0.29) is 18.6 Å². The number of rotatable bonds is 10. The lowest BCUT2D eigenvalue weighted by atomic mass is 10.0. The molecule has 122 valence electrons. The Morgan fingerprint density at radius 3 is 2.20 bits per heavy atom. The Morgan fingerprint density at radius 1 is 1.20 bits per heavy atom. The molecule has 3 atom stereocenters. The molecule has 0 radical (unpaired) electrons. The van der Waals surface area contributed by atoms with Gasteiger partial charge in [0.05, 0.1) is 30.3 Å². The van der Waals surface area contributed by atoms with Crippen LogP contribution in [0.4, 0.5) is 0 Å². The molecule has 0 aliphatic heterocycles. The molecule has 5 N–H and O–H groups in total. The fraction of sp³-hybridized carbons (Fsp3) is 1.00. The molecule has 3 unspecified atom stereocenters. The van der Waals surface area contributed by atoms with E-state index in [9.17, 15) is 18.6 Å². The van der Waals surface area contributed by atoms with Gasteiger partial charge in [-0.15, -0.1) is 0 Å². The summed E-state index contributed by atoms with van der Waals surface area (Å²) in [5.41, 5.74) is -0.549. The van der Waals surface area contributed by atoms with Gasteiger partial charge in [-0.3, -0.25) is 0 Å². The number of aliphatic hydroxyl groups excluding tert-OH is 4. The van der Waals surface area contributed by atoms with E-state index in [0.717, 1.165) is 0 Å².